The fraction of sp³-hybridized carbons (Fsp3) is 0.304. The van der Waals surface area contributed by atoms with Gasteiger partial charge in [0, 0.05) is 31.9 Å². The highest BCUT2D eigenvalue weighted by Gasteiger charge is 2.37. The molecule has 2 aromatic heterocycles. The molecule has 0 spiro atoms. The van der Waals surface area contributed by atoms with Crippen LogP contribution in [0.4, 0.5) is 5.82 Å². The van der Waals surface area contributed by atoms with Crippen molar-refractivity contribution in [3.63, 3.8) is 0 Å². The summed E-state index contributed by atoms with van der Waals surface area (Å²) in [6, 6.07) is 12.4. The Kier molecular flexibility index (Phi) is 5.12. The zero-order chi connectivity index (χ0) is 23.1. The number of amides is 3. The van der Waals surface area contributed by atoms with Crippen molar-refractivity contribution >= 4 is 23.5 Å². The lowest BCUT2D eigenvalue weighted by molar-refractivity contribution is -0.131. The number of piperazine rings is 1. The van der Waals surface area contributed by atoms with Gasteiger partial charge in [0.1, 0.15) is 6.54 Å². The van der Waals surface area contributed by atoms with Gasteiger partial charge in [-0.3, -0.25) is 19.3 Å². The third-order valence-electron chi connectivity index (χ3n) is 5.99. The summed E-state index contributed by atoms with van der Waals surface area (Å²) in [6.07, 6.45) is 0. The molecule has 0 N–H and O–H groups in total. The molecule has 0 unspecified atom stereocenters. The number of rotatable bonds is 4. The van der Waals surface area contributed by atoms with Crippen LogP contribution in [-0.4, -0.2) is 80.2 Å². The Labute approximate surface area is 190 Å². The smallest absolute Gasteiger partial charge is 0.262 e. The minimum absolute atomic E-state index is 0.241. The van der Waals surface area contributed by atoms with Crippen LogP contribution >= 0.6 is 0 Å². The van der Waals surface area contributed by atoms with Crippen molar-refractivity contribution in [2.24, 2.45) is 0 Å². The number of aryl methyl sites for hydroxylation is 2. The lowest BCUT2D eigenvalue weighted by Crippen LogP contribution is -2.52. The normalized spacial score (nSPS) is 15.9. The summed E-state index contributed by atoms with van der Waals surface area (Å²) >= 11 is 0. The van der Waals surface area contributed by atoms with Gasteiger partial charge in [0.15, 0.2) is 11.6 Å². The van der Waals surface area contributed by atoms with Crippen molar-refractivity contribution < 1.29 is 14.4 Å². The van der Waals surface area contributed by atoms with E-state index in [2.05, 4.69) is 20.2 Å². The molecule has 10 nitrogen and oxygen atoms in total. The molecule has 3 aromatic rings. The van der Waals surface area contributed by atoms with E-state index in [-0.39, 0.29) is 12.5 Å². The van der Waals surface area contributed by atoms with Gasteiger partial charge in [-0.15, -0.1) is 10.2 Å². The summed E-state index contributed by atoms with van der Waals surface area (Å²) in [5, 5.41) is 13.1. The molecule has 10 heteroatoms. The first-order valence-corrected chi connectivity index (χ1v) is 10.8. The molecule has 1 fully saturated rings. The zero-order valence-electron chi connectivity index (χ0n) is 18.4. The van der Waals surface area contributed by atoms with Crippen LogP contribution in [0.5, 0.6) is 0 Å². The third-order valence-corrected chi connectivity index (χ3v) is 5.99. The number of aromatic nitrogens is 4. The first-order chi connectivity index (χ1) is 15.9. The Morgan fingerprint density at radius 1 is 0.879 bits per heavy atom. The van der Waals surface area contributed by atoms with Crippen LogP contribution in [-0.2, 0) is 4.79 Å². The highest BCUT2D eigenvalue weighted by atomic mass is 16.2. The zero-order valence-corrected chi connectivity index (χ0v) is 18.4. The quantitative estimate of drug-likeness (QED) is 0.556. The van der Waals surface area contributed by atoms with Crippen molar-refractivity contribution in [3.05, 3.63) is 65.0 Å². The lowest BCUT2D eigenvalue weighted by Gasteiger charge is -2.35. The number of nitrogens with zero attached hydrogens (tertiary/aromatic N) is 7. The first kappa shape index (κ1) is 20.8. The predicted octanol–water partition coefficient (Wildman–Crippen LogP) is 1.22. The number of hydrogen-bond acceptors (Lipinski definition) is 7. The van der Waals surface area contributed by atoms with Gasteiger partial charge in [0.25, 0.3) is 11.8 Å². The van der Waals surface area contributed by atoms with Crippen molar-refractivity contribution in [1.82, 2.24) is 29.8 Å². The Morgan fingerprint density at radius 3 is 2.03 bits per heavy atom. The number of anilines is 1. The largest absolute Gasteiger partial charge is 0.352 e. The molecule has 1 saturated heterocycles. The average Bonchev–Trinajstić information content (AvgIpc) is 3.30. The first-order valence-electron chi connectivity index (χ1n) is 10.8. The van der Waals surface area contributed by atoms with Gasteiger partial charge < -0.3 is 9.80 Å². The second-order valence-corrected chi connectivity index (χ2v) is 8.20. The second-order valence-electron chi connectivity index (χ2n) is 8.20. The van der Waals surface area contributed by atoms with E-state index in [9.17, 15) is 14.4 Å². The standard InChI is InChI=1S/C23H23N7O3/c1-15-13-16(2)30(26-15)20-8-7-19(24-25-20)27-9-11-28(12-10-27)21(31)14-29-22(32)17-5-3-4-6-18(17)23(29)33/h3-8,13H,9-12,14H2,1-2H3. The van der Waals surface area contributed by atoms with Gasteiger partial charge in [0.2, 0.25) is 5.91 Å². The molecule has 0 radical (unpaired) electrons. The van der Waals surface area contributed by atoms with E-state index in [4.69, 9.17) is 0 Å². The van der Waals surface area contributed by atoms with Crippen molar-refractivity contribution in [3.8, 4) is 5.82 Å². The molecular weight excluding hydrogens is 422 g/mol. The van der Waals surface area contributed by atoms with Crippen LogP contribution in [0.15, 0.2) is 42.5 Å². The van der Waals surface area contributed by atoms with Gasteiger partial charge in [-0.1, -0.05) is 12.1 Å². The molecule has 168 valence electrons. The molecule has 3 amide bonds. The maximum atomic E-state index is 12.8. The Bertz CT molecular complexity index is 1210. The number of carbonyl (C=O) groups is 3. The summed E-state index contributed by atoms with van der Waals surface area (Å²) < 4.78 is 1.75. The number of carbonyl (C=O) groups excluding carboxylic acids is 3. The lowest BCUT2D eigenvalue weighted by atomic mass is 10.1. The highest BCUT2D eigenvalue weighted by Crippen LogP contribution is 2.22. The van der Waals surface area contributed by atoms with Crippen LogP contribution < -0.4 is 4.90 Å². The predicted molar refractivity (Wildman–Crippen MR) is 119 cm³/mol. The monoisotopic (exact) mass is 445 g/mol. The van der Waals surface area contributed by atoms with E-state index in [1.54, 1.807) is 33.8 Å². The molecule has 1 aromatic carbocycles. The maximum absolute atomic E-state index is 12.8. The summed E-state index contributed by atoms with van der Waals surface area (Å²) in [5.74, 6) is 0.308. The Hall–Kier alpha value is -4.08. The van der Waals surface area contributed by atoms with Gasteiger partial charge in [-0.25, -0.2) is 4.68 Å². The molecule has 33 heavy (non-hydrogen) atoms. The van der Waals surface area contributed by atoms with Crippen LogP contribution in [0.25, 0.3) is 5.82 Å². The van der Waals surface area contributed by atoms with Gasteiger partial charge in [-0.05, 0) is 44.2 Å². The van der Waals surface area contributed by atoms with E-state index in [0.29, 0.717) is 43.1 Å². The minimum Gasteiger partial charge on any atom is -0.352 e. The average molecular weight is 445 g/mol. The van der Waals surface area contributed by atoms with Gasteiger partial charge in [-0.2, -0.15) is 5.10 Å². The van der Waals surface area contributed by atoms with Crippen molar-refractivity contribution in [2.45, 2.75) is 13.8 Å². The van der Waals surface area contributed by atoms with E-state index in [1.807, 2.05) is 32.0 Å². The fourth-order valence-electron chi connectivity index (χ4n) is 4.26. The molecule has 2 aliphatic rings. The van der Waals surface area contributed by atoms with E-state index in [0.717, 1.165) is 22.1 Å². The van der Waals surface area contributed by atoms with E-state index < -0.39 is 11.8 Å². The van der Waals surface area contributed by atoms with Crippen molar-refractivity contribution in [2.75, 3.05) is 37.6 Å². The summed E-state index contributed by atoms with van der Waals surface area (Å²) in [7, 11) is 0. The van der Waals surface area contributed by atoms with Crippen LogP contribution in [0.2, 0.25) is 0 Å². The molecule has 5 rings (SSSR count). The van der Waals surface area contributed by atoms with E-state index in [1.165, 1.54) is 0 Å². The minimum atomic E-state index is -0.416. The Morgan fingerprint density at radius 2 is 1.48 bits per heavy atom. The molecule has 0 bridgehead atoms. The van der Waals surface area contributed by atoms with Crippen LogP contribution in [0.1, 0.15) is 32.1 Å². The SMILES string of the molecule is Cc1cc(C)n(-c2ccc(N3CCN(C(=O)CN4C(=O)c5ccccc5C4=O)CC3)nn2)n1. The summed E-state index contributed by atoms with van der Waals surface area (Å²) in [6.45, 7) is 5.77. The maximum Gasteiger partial charge on any atom is 0.262 e. The number of hydrogen-bond donors (Lipinski definition) is 0. The summed E-state index contributed by atoms with van der Waals surface area (Å²) in [4.78, 5) is 42.6. The van der Waals surface area contributed by atoms with Crippen molar-refractivity contribution in [1.29, 1.82) is 0 Å². The molecule has 4 heterocycles. The molecular formula is C23H23N7O3. The van der Waals surface area contributed by atoms with Crippen LogP contribution in [0.3, 0.4) is 0 Å². The molecule has 0 atom stereocenters. The highest BCUT2D eigenvalue weighted by molar-refractivity contribution is 6.22. The van der Waals surface area contributed by atoms with Gasteiger partial charge >= 0.3 is 0 Å². The second kappa shape index (κ2) is 8.12. The fourth-order valence-corrected chi connectivity index (χ4v) is 4.26. The molecule has 0 aliphatic carbocycles. The van der Waals surface area contributed by atoms with Gasteiger partial charge in [0.05, 0.1) is 16.8 Å². The Balaban J connectivity index is 1.19. The molecule has 0 saturated carbocycles. The van der Waals surface area contributed by atoms with E-state index >= 15 is 0 Å². The third kappa shape index (κ3) is 3.73. The summed E-state index contributed by atoms with van der Waals surface area (Å²) in [5.41, 5.74) is 2.60. The number of fused-ring (bicyclic) bond motifs is 1. The molecule has 2 aliphatic heterocycles. The number of benzene rings is 1. The number of imide groups is 1. The van der Waals surface area contributed by atoms with Crippen LogP contribution in [0, 0.1) is 13.8 Å². The topological polar surface area (TPSA) is 105 Å².